The second-order valence-corrected chi connectivity index (χ2v) is 4.93. The summed E-state index contributed by atoms with van der Waals surface area (Å²) in [7, 11) is 0. The summed E-state index contributed by atoms with van der Waals surface area (Å²) in [5.74, 6) is 1.75. The molecule has 4 nitrogen and oxygen atoms in total. The molecule has 1 unspecified atom stereocenters. The predicted molar refractivity (Wildman–Crippen MR) is 63.0 cm³/mol. The summed E-state index contributed by atoms with van der Waals surface area (Å²) in [4.78, 5) is 2.44. The van der Waals surface area contributed by atoms with Crippen LogP contribution in [0.15, 0.2) is 16.8 Å². The van der Waals surface area contributed by atoms with E-state index in [1.54, 1.807) is 6.20 Å². The molecule has 1 fully saturated rings. The smallest absolute Gasteiger partial charge is 0.150 e. The van der Waals surface area contributed by atoms with Gasteiger partial charge in [-0.2, -0.15) is 0 Å². The minimum atomic E-state index is 0.586. The highest BCUT2D eigenvalue weighted by Gasteiger charge is 2.22. The van der Waals surface area contributed by atoms with E-state index < -0.39 is 0 Å². The van der Waals surface area contributed by atoms with Crippen LogP contribution >= 0.6 is 0 Å². The first kappa shape index (κ1) is 11.6. The molecule has 0 amide bonds. The van der Waals surface area contributed by atoms with Gasteiger partial charge in [-0.15, -0.1) is 0 Å². The van der Waals surface area contributed by atoms with Crippen LogP contribution in [0.3, 0.4) is 0 Å². The van der Waals surface area contributed by atoms with Crippen LogP contribution in [0, 0.1) is 5.92 Å². The Kier molecular flexibility index (Phi) is 3.96. The normalized spacial score (nSPS) is 22.1. The molecule has 0 radical (unpaired) electrons. The molecular formula is C12H21N3O. The molecule has 1 aromatic rings. The molecule has 1 N–H and O–H groups in total. The number of aromatic nitrogens is 1. The Bertz CT molecular complexity index is 297. The van der Waals surface area contributed by atoms with E-state index in [1.807, 2.05) is 6.07 Å². The maximum Gasteiger partial charge on any atom is 0.150 e. The Labute approximate surface area is 97.0 Å². The molecule has 2 rings (SSSR count). The highest BCUT2D eigenvalue weighted by molar-refractivity contribution is 4.94. The Hall–Kier alpha value is -0.870. The molecule has 1 aliphatic rings. The van der Waals surface area contributed by atoms with Crippen molar-refractivity contribution in [1.29, 1.82) is 0 Å². The van der Waals surface area contributed by atoms with Crippen LogP contribution in [0.1, 0.15) is 26.0 Å². The third-order valence-electron chi connectivity index (χ3n) is 3.06. The number of nitrogens with one attached hydrogen (secondary N) is 1. The van der Waals surface area contributed by atoms with Crippen LogP contribution in [0.4, 0.5) is 0 Å². The molecule has 0 spiro atoms. The average molecular weight is 223 g/mol. The van der Waals surface area contributed by atoms with Gasteiger partial charge in [0.05, 0.1) is 12.7 Å². The SMILES string of the molecule is CC(C)NCC1CCN(Cc2ccno2)C1. The number of likely N-dealkylation sites (tertiary alicyclic amines) is 1. The van der Waals surface area contributed by atoms with Crippen LogP contribution in [0.5, 0.6) is 0 Å². The van der Waals surface area contributed by atoms with Crippen LogP contribution in [-0.4, -0.2) is 35.7 Å². The van der Waals surface area contributed by atoms with Gasteiger partial charge in [0.25, 0.3) is 0 Å². The molecule has 1 atom stereocenters. The molecule has 1 aliphatic heterocycles. The van der Waals surface area contributed by atoms with Gasteiger partial charge in [-0.3, -0.25) is 4.90 Å². The van der Waals surface area contributed by atoms with Crippen molar-refractivity contribution >= 4 is 0 Å². The topological polar surface area (TPSA) is 41.3 Å². The van der Waals surface area contributed by atoms with E-state index in [0.29, 0.717) is 6.04 Å². The lowest BCUT2D eigenvalue weighted by atomic mass is 10.1. The third kappa shape index (κ3) is 3.32. The van der Waals surface area contributed by atoms with Gasteiger partial charge >= 0.3 is 0 Å². The lowest BCUT2D eigenvalue weighted by molar-refractivity contribution is 0.264. The van der Waals surface area contributed by atoms with Gasteiger partial charge in [0, 0.05) is 18.7 Å². The standard InChI is InChI=1S/C12H21N3O/c1-10(2)13-7-11-4-6-15(8-11)9-12-3-5-14-16-12/h3,5,10-11,13H,4,6-9H2,1-2H3. The number of hydrogen-bond donors (Lipinski definition) is 1. The first-order valence-electron chi connectivity index (χ1n) is 6.09. The summed E-state index contributed by atoms with van der Waals surface area (Å²) in [6.07, 6.45) is 3.00. The van der Waals surface area contributed by atoms with Gasteiger partial charge in [0.2, 0.25) is 0 Å². The van der Waals surface area contributed by atoms with Gasteiger partial charge < -0.3 is 9.84 Å². The summed E-state index contributed by atoms with van der Waals surface area (Å²) < 4.78 is 5.12. The fourth-order valence-corrected chi connectivity index (χ4v) is 2.17. The van der Waals surface area contributed by atoms with Crippen LogP contribution in [0.2, 0.25) is 0 Å². The van der Waals surface area contributed by atoms with E-state index in [9.17, 15) is 0 Å². The zero-order chi connectivity index (χ0) is 11.4. The molecule has 1 saturated heterocycles. The molecular weight excluding hydrogens is 202 g/mol. The third-order valence-corrected chi connectivity index (χ3v) is 3.06. The van der Waals surface area contributed by atoms with Gasteiger partial charge in [-0.1, -0.05) is 19.0 Å². The maximum atomic E-state index is 5.12. The lowest BCUT2D eigenvalue weighted by Crippen LogP contribution is -2.30. The van der Waals surface area contributed by atoms with E-state index in [0.717, 1.165) is 24.8 Å². The predicted octanol–water partition coefficient (Wildman–Crippen LogP) is 1.49. The van der Waals surface area contributed by atoms with Crippen molar-refractivity contribution in [2.75, 3.05) is 19.6 Å². The van der Waals surface area contributed by atoms with E-state index in [-0.39, 0.29) is 0 Å². The molecule has 0 bridgehead atoms. The minimum absolute atomic E-state index is 0.586. The van der Waals surface area contributed by atoms with E-state index in [1.165, 1.54) is 19.5 Å². The molecule has 0 aromatic carbocycles. The van der Waals surface area contributed by atoms with Crippen molar-refractivity contribution in [3.63, 3.8) is 0 Å². The molecule has 90 valence electrons. The first-order valence-corrected chi connectivity index (χ1v) is 6.09. The van der Waals surface area contributed by atoms with Crippen LogP contribution in [0.25, 0.3) is 0 Å². The number of nitrogens with zero attached hydrogens (tertiary/aromatic N) is 2. The molecule has 0 saturated carbocycles. The van der Waals surface area contributed by atoms with Crippen molar-refractivity contribution in [3.8, 4) is 0 Å². The first-order chi connectivity index (χ1) is 7.74. The monoisotopic (exact) mass is 223 g/mol. The zero-order valence-electron chi connectivity index (χ0n) is 10.1. The van der Waals surface area contributed by atoms with Crippen molar-refractivity contribution in [2.24, 2.45) is 5.92 Å². The zero-order valence-corrected chi connectivity index (χ0v) is 10.1. The Balaban J connectivity index is 1.71. The van der Waals surface area contributed by atoms with Gasteiger partial charge in [0.15, 0.2) is 5.76 Å². The van der Waals surface area contributed by atoms with Crippen LogP contribution in [-0.2, 0) is 6.54 Å². The highest BCUT2D eigenvalue weighted by atomic mass is 16.5. The lowest BCUT2D eigenvalue weighted by Gasteiger charge is -2.15. The van der Waals surface area contributed by atoms with Crippen molar-refractivity contribution in [1.82, 2.24) is 15.4 Å². The van der Waals surface area contributed by atoms with Gasteiger partial charge in [0.1, 0.15) is 0 Å². The van der Waals surface area contributed by atoms with E-state index in [4.69, 9.17) is 4.52 Å². The molecule has 0 aliphatic carbocycles. The Morgan fingerprint density at radius 2 is 2.50 bits per heavy atom. The van der Waals surface area contributed by atoms with Crippen LogP contribution < -0.4 is 5.32 Å². The molecule has 16 heavy (non-hydrogen) atoms. The van der Waals surface area contributed by atoms with E-state index in [2.05, 4.69) is 29.2 Å². The maximum absolute atomic E-state index is 5.12. The Morgan fingerprint density at radius 3 is 3.19 bits per heavy atom. The van der Waals surface area contributed by atoms with Gasteiger partial charge in [-0.05, 0) is 25.4 Å². The fraction of sp³-hybridized carbons (Fsp3) is 0.750. The van der Waals surface area contributed by atoms with Gasteiger partial charge in [-0.25, -0.2) is 0 Å². The number of hydrogen-bond acceptors (Lipinski definition) is 4. The van der Waals surface area contributed by atoms with E-state index >= 15 is 0 Å². The molecule has 2 heterocycles. The average Bonchev–Trinajstić information content (AvgIpc) is 2.87. The summed E-state index contributed by atoms with van der Waals surface area (Å²) >= 11 is 0. The minimum Gasteiger partial charge on any atom is -0.360 e. The second-order valence-electron chi connectivity index (χ2n) is 4.93. The summed E-state index contributed by atoms with van der Waals surface area (Å²) in [6.45, 7) is 8.76. The number of rotatable bonds is 5. The quantitative estimate of drug-likeness (QED) is 0.821. The Morgan fingerprint density at radius 1 is 1.62 bits per heavy atom. The van der Waals surface area contributed by atoms with Crippen molar-refractivity contribution in [3.05, 3.63) is 18.0 Å². The largest absolute Gasteiger partial charge is 0.360 e. The summed E-state index contributed by atoms with van der Waals surface area (Å²) in [5.41, 5.74) is 0. The summed E-state index contributed by atoms with van der Waals surface area (Å²) in [5, 5.41) is 7.23. The molecule has 1 aromatic heterocycles. The fourth-order valence-electron chi connectivity index (χ4n) is 2.17. The second kappa shape index (κ2) is 5.46. The highest BCUT2D eigenvalue weighted by Crippen LogP contribution is 2.17. The molecule has 4 heteroatoms. The summed E-state index contributed by atoms with van der Waals surface area (Å²) in [6, 6.07) is 2.53. The van der Waals surface area contributed by atoms with Crippen molar-refractivity contribution in [2.45, 2.75) is 32.9 Å². The van der Waals surface area contributed by atoms with Crippen molar-refractivity contribution < 1.29 is 4.52 Å².